The fourth-order valence-electron chi connectivity index (χ4n) is 7.93. The Morgan fingerprint density at radius 1 is 0.571 bits per heavy atom. The van der Waals surface area contributed by atoms with E-state index in [0.717, 1.165) is 62.2 Å². The number of aryl methyl sites for hydroxylation is 4. The van der Waals surface area contributed by atoms with Crippen molar-refractivity contribution in [3.63, 3.8) is 0 Å². The fraction of sp³-hybridized carbons (Fsp3) is 0.182. The molecule has 8 nitrogen and oxygen atoms in total. The Kier molecular flexibility index (Phi) is 8.63. The van der Waals surface area contributed by atoms with Gasteiger partial charge in [0.2, 0.25) is 0 Å². The largest absolute Gasteiger partial charge is 0.361 e. The van der Waals surface area contributed by atoms with Crippen LogP contribution >= 0.6 is 46.4 Å². The molecule has 8 bridgehead atoms. The van der Waals surface area contributed by atoms with Crippen molar-refractivity contribution in [3.05, 3.63) is 190 Å². The summed E-state index contributed by atoms with van der Waals surface area (Å²) in [6.07, 6.45) is 18.5. The van der Waals surface area contributed by atoms with E-state index in [4.69, 9.17) is 56.4 Å². The Labute approximate surface area is 344 Å². The van der Waals surface area contributed by atoms with Gasteiger partial charge in [0.1, 0.15) is 0 Å². The summed E-state index contributed by atoms with van der Waals surface area (Å²) in [5, 5.41) is 3.63. The number of hydrogen-bond donors (Lipinski definition) is 2. The van der Waals surface area contributed by atoms with E-state index in [1.165, 1.54) is 0 Å². The summed E-state index contributed by atoms with van der Waals surface area (Å²) in [5.41, 5.74) is 12.0. The van der Waals surface area contributed by atoms with Gasteiger partial charge in [-0.25, -0.2) is 4.99 Å². The van der Waals surface area contributed by atoms with Gasteiger partial charge in [0.05, 0.1) is 17.1 Å². The first-order chi connectivity index (χ1) is 26.8. The second-order valence-corrected chi connectivity index (χ2v) is 16.7. The highest BCUT2D eigenvalue weighted by atomic mass is 35.5. The molecule has 0 aromatic carbocycles. The molecule has 5 aromatic heterocycles. The van der Waals surface area contributed by atoms with Crippen molar-refractivity contribution in [1.82, 2.24) is 30.2 Å². The molecule has 0 saturated heterocycles. The molecule has 0 aliphatic carbocycles. The number of halogens is 4. The minimum atomic E-state index is -1.60. The number of hydrogen-bond acceptors (Lipinski definition) is 7. The van der Waals surface area contributed by atoms with Crippen LogP contribution in [0.4, 0.5) is 0 Å². The summed E-state index contributed by atoms with van der Waals surface area (Å²) < 4.78 is 0. The molecule has 0 radical (unpaired) electrons. The SMILES string of the molecule is Cc1cc(C2=C3C=CC(Cl)(N3)C(Cl)(c3ccnc(C)c3)C3=NC(Cl)(C=C3)C(Cl)(c3ccnc(C)c3)c3ccc([nH]3)C(c3ccnc(C)c3)=C3C=CC2=N3)ccn1. The van der Waals surface area contributed by atoms with Crippen molar-refractivity contribution in [2.24, 2.45) is 9.98 Å². The molecule has 12 heteroatoms. The van der Waals surface area contributed by atoms with Crippen LogP contribution in [0.1, 0.15) is 56.4 Å². The van der Waals surface area contributed by atoms with Crippen LogP contribution < -0.4 is 5.32 Å². The predicted octanol–water partition coefficient (Wildman–Crippen LogP) is 9.68. The zero-order valence-electron chi connectivity index (χ0n) is 30.7. The first-order valence-corrected chi connectivity index (χ1v) is 19.5. The van der Waals surface area contributed by atoms with Gasteiger partial charge in [0.15, 0.2) is 19.7 Å². The van der Waals surface area contributed by atoms with Crippen molar-refractivity contribution in [1.29, 1.82) is 0 Å². The first kappa shape index (κ1) is 36.5. The number of H-pyrrole nitrogens is 1. The first-order valence-electron chi connectivity index (χ1n) is 18.0. The summed E-state index contributed by atoms with van der Waals surface area (Å²) >= 11 is 31.7. The number of pyridine rings is 4. The summed E-state index contributed by atoms with van der Waals surface area (Å²) in [4.78, 5) is 26.1. The third kappa shape index (κ3) is 5.65. The monoisotopic (exact) mass is 814 g/mol. The molecule has 4 unspecified atom stereocenters. The molecule has 0 saturated carbocycles. The van der Waals surface area contributed by atoms with Gasteiger partial charge in [0.25, 0.3) is 0 Å². The number of alkyl halides is 4. The molecule has 0 amide bonds. The molecule has 56 heavy (non-hydrogen) atoms. The van der Waals surface area contributed by atoms with E-state index in [1.807, 2.05) is 119 Å². The minimum absolute atomic E-state index is 0.400. The lowest BCUT2D eigenvalue weighted by atomic mass is 9.85. The van der Waals surface area contributed by atoms with Crippen LogP contribution in [0.25, 0.3) is 11.1 Å². The molecule has 4 aliphatic heterocycles. The predicted molar refractivity (Wildman–Crippen MR) is 226 cm³/mol. The molecular formula is C44H34Cl4N8. The lowest BCUT2D eigenvalue weighted by Crippen LogP contribution is -2.54. The third-order valence-corrected chi connectivity index (χ3v) is 13.2. The zero-order valence-corrected chi connectivity index (χ0v) is 33.8. The summed E-state index contributed by atoms with van der Waals surface area (Å²) in [7, 11) is 0. The molecule has 4 aliphatic rings. The summed E-state index contributed by atoms with van der Waals surface area (Å²) in [6, 6.07) is 19.5. The fourth-order valence-corrected chi connectivity index (χ4v) is 9.33. The van der Waals surface area contributed by atoms with Crippen LogP contribution in [-0.4, -0.2) is 46.3 Å². The zero-order chi connectivity index (χ0) is 39.0. The Morgan fingerprint density at radius 3 is 1.79 bits per heavy atom. The number of rotatable bonds is 4. The number of nitrogens with one attached hydrogen (secondary N) is 2. The number of aromatic amines is 1. The number of nitrogens with zero attached hydrogens (tertiary/aromatic N) is 6. The summed E-state index contributed by atoms with van der Waals surface area (Å²) in [6.45, 7) is 7.74. The molecule has 9 rings (SSSR count). The Balaban J connectivity index is 1.39. The molecule has 5 aromatic rings. The van der Waals surface area contributed by atoms with E-state index < -0.39 is 19.7 Å². The van der Waals surface area contributed by atoms with Crippen LogP contribution in [0.3, 0.4) is 0 Å². The average molecular weight is 817 g/mol. The van der Waals surface area contributed by atoms with Crippen molar-refractivity contribution < 1.29 is 0 Å². The van der Waals surface area contributed by atoms with Crippen LogP contribution in [0.5, 0.6) is 0 Å². The van der Waals surface area contributed by atoms with Gasteiger partial charge in [-0.15, -0.1) is 23.2 Å². The topological polar surface area (TPSA) is 104 Å². The maximum Gasteiger partial charge on any atom is 0.181 e. The number of aliphatic imine (C=N–C) groups is 2. The standard InChI is InChI=1S/C44H34Cl4N8/c1-25-21-29(11-17-49-25)39-33-5-6-34(53-33)40(30-12-18-50-26(2)22-30)36-9-15-41(45,55-36)44(48,32-14-20-52-28(4)24-32)38-10-16-42(46,56-38)43(47,37-8-7-35(39)54-37)31-13-19-51-27(3)23-31/h5-24,54-55H,1-4H3. The smallest absolute Gasteiger partial charge is 0.181 e. The van der Waals surface area contributed by atoms with E-state index in [2.05, 4.69) is 30.2 Å². The highest BCUT2D eigenvalue weighted by Gasteiger charge is 2.60. The van der Waals surface area contributed by atoms with Crippen LogP contribution in [-0.2, 0) is 9.75 Å². The number of allylic oxidation sites excluding steroid dienone is 5. The molecule has 0 fully saturated rings. The molecule has 2 N–H and O–H groups in total. The van der Waals surface area contributed by atoms with Gasteiger partial charge in [-0.3, -0.25) is 24.9 Å². The molecule has 9 heterocycles. The van der Waals surface area contributed by atoms with Crippen molar-refractivity contribution in [2.75, 3.05) is 0 Å². The molecular weight excluding hydrogens is 782 g/mol. The quantitative estimate of drug-likeness (QED) is 0.139. The molecule has 4 atom stereocenters. The van der Waals surface area contributed by atoms with E-state index in [1.54, 1.807) is 30.9 Å². The maximum absolute atomic E-state index is 8.03. The third-order valence-electron chi connectivity index (χ3n) is 10.6. The van der Waals surface area contributed by atoms with E-state index >= 15 is 0 Å². The van der Waals surface area contributed by atoms with Crippen LogP contribution in [0.2, 0.25) is 0 Å². The van der Waals surface area contributed by atoms with Gasteiger partial charge in [0, 0.05) is 75.8 Å². The average Bonchev–Trinajstić information content (AvgIpc) is 4.00. The lowest BCUT2D eigenvalue weighted by Gasteiger charge is -2.41. The highest BCUT2D eigenvalue weighted by molar-refractivity contribution is 6.47. The lowest BCUT2D eigenvalue weighted by molar-refractivity contribution is 0.537. The molecule has 278 valence electrons. The summed E-state index contributed by atoms with van der Waals surface area (Å²) in [5.74, 6) is 0. The van der Waals surface area contributed by atoms with Crippen LogP contribution in [0, 0.1) is 27.7 Å². The van der Waals surface area contributed by atoms with Gasteiger partial charge >= 0.3 is 0 Å². The van der Waals surface area contributed by atoms with E-state index in [-0.39, 0.29) is 0 Å². The second kappa shape index (κ2) is 13.2. The van der Waals surface area contributed by atoms with Gasteiger partial charge in [-0.2, -0.15) is 0 Å². The van der Waals surface area contributed by atoms with Gasteiger partial charge in [-0.05, 0) is 147 Å². The van der Waals surface area contributed by atoms with Gasteiger partial charge < -0.3 is 10.3 Å². The Morgan fingerprint density at radius 2 is 1.16 bits per heavy atom. The van der Waals surface area contributed by atoms with Crippen molar-refractivity contribution in [3.8, 4) is 0 Å². The van der Waals surface area contributed by atoms with E-state index in [9.17, 15) is 0 Å². The van der Waals surface area contributed by atoms with Crippen molar-refractivity contribution in [2.45, 2.75) is 47.4 Å². The number of fused-ring (bicyclic) bond motifs is 6. The normalized spacial score (nSPS) is 26.5. The van der Waals surface area contributed by atoms with Gasteiger partial charge in [-0.1, -0.05) is 23.2 Å². The minimum Gasteiger partial charge on any atom is -0.361 e. The maximum atomic E-state index is 8.03. The Bertz CT molecular complexity index is 2710. The van der Waals surface area contributed by atoms with Crippen LogP contribution in [0.15, 0.2) is 143 Å². The Hall–Kier alpha value is -5.12. The van der Waals surface area contributed by atoms with E-state index in [0.29, 0.717) is 28.2 Å². The number of aromatic nitrogens is 5. The molecule has 0 spiro atoms. The van der Waals surface area contributed by atoms with Crippen molar-refractivity contribution >= 4 is 69.0 Å². The highest BCUT2D eigenvalue weighted by Crippen LogP contribution is 2.56. The second-order valence-electron chi connectivity index (χ2n) is 14.4.